The van der Waals surface area contributed by atoms with Crippen LogP contribution in [-0.2, 0) is 10.0 Å². The molecule has 2 rings (SSSR count). The van der Waals surface area contributed by atoms with Gasteiger partial charge in [-0.1, -0.05) is 18.2 Å². The second kappa shape index (κ2) is 4.02. The summed E-state index contributed by atoms with van der Waals surface area (Å²) in [6.07, 6.45) is 0.481. The van der Waals surface area contributed by atoms with Crippen molar-refractivity contribution < 1.29 is 13.2 Å². The monoisotopic (exact) mass is 225 g/mol. The van der Waals surface area contributed by atoms with Gasteiger partial charge in [-0.2, -0.15) is 4.40 Å². The van der Waals surface area contributed by atoms with Crippen molar-refractivity contribution in [1.29, 1.82) is 0 Å². The smallest absolute Gasteiger partial charge is 0.253 e. The standard InChI is InChI=1S/C10H11NO3S/c12-15(13)7-6-9(11-15)8-14-10-4-2-1-3-5-10/h1-5H,6-8H2. The zero-order valence-corrected chi connectivity index (χ0v) is 8.90. The Hall–Kier alpha value is -1.36. The van der Waals surface area contributed by atoms with Crippen LogP contribution in [0.15, 0.2) is 34.7 Å². The molecular weight excluding hydrogens is 214 g/mol. The quantitative estimate of drug-likeness (QED) is 0.777. The molecule has 4 nitrogen and oxygen atoms in total. The number of ether oxygens (including phenoxy) is 1. The van der Waals surface area contributed by atoms with Crippen molar-refractivity contribution >= 4 is 15.7 Å². The maximum Gasteiger partial charge on any atom is 0.253 e. The second-order valence-electron chi connectivity index (χ2n) is 3.30. The highest BCUT2D eigenvalue weighted by atomic mass is 32.2. The SMILES string of the molecule is O=S1(=O)CCC(COc2ccccc2)=N1. The summed E-state index contributed by atoms with van der Waals surface area (Å²) in [5.74, 6) is 0.838. The molecule has 1 heterocycles. The van der Waals surface area contributed by atoms with E-state index in [9.17, 15) is 8.42 Å². The van der Waals surface area contributed by atoms with Crippen molar-refractivity contribution in [3.63, 3.8) is 0 Å². The second-order valence-corrected chi connectivity index (χ2v) is 5.05. The van der Waals surface area contributed by atoms with E-state index in [4.69, 9.17) is 4.74 Å². The summed E-state index contributed by atoms with van der Waals surface area (Å²) in [6.45, 7) is 0.253. The molecule has 0 aromatic heterocycles. The van der Waals surface area contributed by atoms with Gasteiger partial charge in [0.05, 0.1) is 11.5 Å². The van der Waals surface area contributed by atoms with Crippen LogP contribution in [-0.4, -0.2) is 26.5 Å². The molecule has 0 atom stereocenters. The fourth-order valence-corrected chi connectivity index (χ4v) is 2.44. The van der Waals surface area contributed by atoms with Crippen molar-refractivity contribution in [1.82, 2.24) is 0 Å². The molecule has 0 radical (unpaired) electrons. The molecule has 0 N–H and O–H groups in total. The first-order valence-corrected chi connectivity index (χ1v) is 6.25. The molecule has 0 saturated heterocycles. The number of rotatable bonds is 3. The molecule has 1 aliphatic heterocycles. The van der Waals surface area contributed by atoms with Gasteiger partial charge in [-0.25, -0.2) is 8.42 Å². The normalized spacial score (nSPS) is 18.5. The van der Waals surface area contributed by atoms with Crippen molar-refractivity contribution in [2.75, 3.05) is 12.4 Å². The number of hydrogen-bond acceptors (Lipinski definition) is 3. The molecule has 0 saturated carbocycles. The van der Waals surface area contributed by atoms with Crippen LogP contribution in [0.2, 0.25) is 0 Å². The predicted molar refractivity (Wildman–Crippen MR) is 57.8 cm³/mol. The van der Waals surface area contributed by atoms with Gasteiger partial charge in [0.2, 0.25) is 0 Å². The van der Waals surface area contributed by atoms with Gasteiger partial charge in [-0.3, -0.25) is 0 Å². The van der Waals surface area contributed by atoms with E-state index < -0.39 is 10.0 Å². The minimum Gasteiger partial charge on any atom is -0.488 e. The van der Waals surface area contributed by atoms with Gasteiger partial charge >= 0.3 is 0 Å². The van der Waals surface area contributed by atoms with Crippen molar-refractivity contribution in [2.24, 2.45) is 4.40 Å². The molecule has 15 heavy (non-hydrogen) atoms. The number of hydrogen-bond donors (Lipinski definition) is 0. The molecule has 1 aromatic rings. The minimum absolute atomic E-state index is 0.112. The van der Waals surface area contributed by atoms with Gasteiger partial charge in [0.1, 0.15) is 12.4 Å². The Morgan fingerprint density at radius 1 is 1.27 bits per heavy atom. The Balaban J connectivity index is 1.96. The summed E-state index contributed by atoms with van der Waals surface area (Å²) in [5.41, 5.74) is 0.596. The van der Waals surface area contributed by atoms with E-state index in [2.05, 4.69) is 4.40 Å². The van der Waals surface area contributed by atoms with E-state index in [-0.39, 0.29) is 12.4 Å². The van der Waals surface area contributed by atoms with E-state index in [0.29, 0.717) is 12.1 Å². The van der Waals surface area contributed by atoms with Crippen molar-refractivity contribution in [3.05, 3.63) is 30.3 Å². The fraction of sp³-hybridized carbons (Fsp3) is 0.300. The number of nitrogens with zero attached hydrogens (tertiary/aromatic N) is 1. The van der Waals surface area contributed by atoms with Gasteiger partial charge in [0, 0.05) is 6.42 Å². The molecular formula is C10H11NO3S. The van der Waals surface area contributed by atoms with Gasteiger partial charge in [-0.05, 0) is 12.1 Å². The zero-order valence-electron chi connectivity index (χ0n) is 8.09. The summed E-state index contributed by atoms with van der Waals surface area (Å²) >= 11 is 0. The topological polar surface area (TPSA) is 55.7 Å². The summed E-state index contributed by atoms with van der Waals surface area (Å²) < 4.78 is 31.0. The van der Waals surface area contributed by atoms with Gasteiger partial charge in [-0.15, -0.1) is 0 Å². The van der Waals surface area contributed by atoms with Crippen LogP contribution >= 0.6 is 0 Å². The molecule has 0 spiro atoms. The average Bonchev–Trinajstić information content (AvgIpc) is 2.57. The highest BCUT2D eigenvalue weighted by Crippen LogP contribution is 2.12. The molecule has 80 valence electrons. The van der Waals surface area contributed by atoms with Crippen LogP contribution in [0.1, 0.15) is 6.42 Å². The fourth-order valence-electron chi connectivity index (χ4n) is 1.32. The van der Waals surface area contributed by atoms with E-state index in [1.165, 1.54) is 0 Å². The molecule has 0 fully saturated rings. The summed E-state index contributed by atoms with van der Waals surface area (Å²) in [5, 5.41) is 0. The maximum atomic E-state index is 11.0. The van der Waals surface area contributed by atoms with Gasteiger partial charge in [0.25, 0.3) is 10.0 Å². The lowest BCUT2D eigenvalue weighted by Gasteiger charge is -2.03. The Labute approximate surface area is 88.7 Å². The summed E-state index contributed by atoms with van der Waals surface area (Å²) in [4.78, 5) is 0. The van der Waals surface area contributed by atoms with Crippen LogP contribution in [0, 0.1) is 0 Å². The Morgan fingerprint density at radius 2 is 2.00 bits per heavy atom. The molecule has 5 heteroatoms. The number of sulfonamides is 1. The molecule has 1 aromatic carbocycles. The largest absolute Gasteiger partial charge is 0.488 e. The molecule has 1 aliphatic rings. The Bertz CT molecular complexity index is 465. The molecule has 0 aliphatic carbocycles. The molecule has 0 amide bonds. The van der Waals surface area contributed by atoms with E-state index in [0.717, 1.165) is 5.75 Å². The third-order valence-corrected chi connectivity index (χ3v) is 3.32. The summed E-state index contributed by atoms with van der Waals surface area (Å²) in [6, 6.07) is 9.27. The van der Waals surface area contributed by atoms with Gasteiger partial charge in [0.15, 0.2) is 0 Å². The zero-order chi connectivity index (χ0) is 10.7. The lowest BCUT2D eigenvalue weighted by Crippen LogP contribution is -2.08. The minimum atomic E-state index is -3.19. The van der Waals surface area contributed by atoms with Crippen LogP contribution in [0.3, 0.4) is 0 Å². The lowest BCUT2D eigenvalue weighted by atomic mass is 10.3. The highest BCUT2D eigenvalue weighted by Gasteiger charge is 2.20. The highest BCUT2D eigenvalue weighted by molar-refractivity contribution is 7.90. The van der Waals surface area contributed by atoms with E-state index in [1.54, 1.807) is 0 Å². The maximum absolute atomic E-state index is 11.0. The van der Waals surface area contributed by atoms with Gasteiger partial charge < -0.3 is 4.74 Å². The predicted octanol–water partition coefficient (Wildman–Crippen LogP) is 1.24. The first kappa shape index (κ1) is 10.2. The number of para-hydroxylation sites is 1. The third-order valence-electron chi connectivity index (χ3n) is 2.07. The van der Waals surface area contributed by atoms with E-state index >= 15 is 0 Å². The van der Waals surface area contributed by atoms with Crippen molar-refractivity contribution in [2.45, 2.75) is 6.42 Å². The first-order chi connectivity index (χ1) is 7.16. The number of benzene rings is 1. The Kier molecular flexibility index (Phi) is 2.73. The first-order valence-electron chi connectivity index (χ1n) is 4.64. The lowest BCUT2D eigenvalue weighted by molar-refractivity contribution is 0.375. The third kappa shape index (κ3) is 2.79. The molecule has 0 bridgehead atoms. The van der Waals surface area contributed by atoms with Crippen LogP contribution in [0.5, 0.6) is 5.75 Å². The van der Waals surface area contributed by atoms with Crippen LogP contribution < -0.4 is 4.74 Å². The summed E-state index contributed by atoms with van der Waals surface area (Å²) in [7, 11) is -3.19. The Morgan fingerprint density at radius 3 is 2.60 bits per heavy atom. The average molecular weight is 225 g/mol. The van der Waals surface area contributed by atoms with E-state index in [1.807, 2.05) is 30.3 Å². The van der Waals surface area contributed by atoms with Crippen LogP contribution in [0.4, 0.5) is 0 Å². The van der Waals surface area contributed by atoms with Crippen molar-refractivity contribution in [3.8, 4) is 5.75 Å². The van der Waals surface area contributed by atoms with Crippen LogP contribution in [0.25, 0.3) is 0 Å². The molecule has 0 unspecified atom stereocenters.